The third-order valence-electron chi connectivity index (χ3n) is 6.26. The van der Waals surface area contributed by atoms with E-state index in [1.54, 1.807) is 36.4 Å². The van der Waals surface area contributed by atoms with E-state index in [0.29, 0.717) is 59.1 Å². The van der Waals surface area contributed by atoms with E-state index in [4.69, 9.17) is 18.9 Å². The van der Waals surface area contributed by atoms with Gasteiger partial charge in [-0.15, -0.1) is 0 Å². The fourth-order valence-electron chi connectivity index (χ4n) is 4.53. The van der Waals surface area contributed by atoms with Crippen molar-refractivity contribution in [3.05, 3.63) is 47.5 Å². The Hall–Kier alpha value is -3.42. The summed E-state index contributed by atoms with van der Waals surface area (Å²) in [6.07, 6.45) is 4.22. The molecule has 5 rings (SSSR count). The van der Waals surface area contributed by atoms with Gasteiger partial charge in [0.2, 0.25) is 13.6 Å². The zero-order chi connectivity index (χ0) is 21.9. The molecule has 2 unspecified atom stereocenters. The highest BCUT2D eigenvalue weighted by Gasteiger charge is 2.24. The van der Waals surface area contributed by atoms with E-state index in [0.717, 1.165) is 25.7 Å². The van der Waals surface area contributed by atoms with E-state index in [-0.39, 0.29) is 28.3 Å². The van der Waals surface area contributed by atoms with Gasteiger partial charge < -0.3 is 29.6 Å². The third kappa shape index (κ3) is 4.44. The topological polar surface area (TPSA) is 95.1 Å². The molecule has 0 bridgehead atoms. The molecule has 0 saturated heterocycles. The summed E-state index contributed by atoms with van der Waals surface area (Å²) in [7, 11) is 0. The number of hydrogen-bond acceptors (Lipinski definition) is 6. The molecular weight excluding hydrogens is 412 g/mol. The molecule has 3 aliphatic rings. The quantitative estimate of drug-likeness (QED) is 0.710. The van der Waals surface area contributed by atoms with E-state index in [1.165, 1.54) is 0 Å². The summed E-state index contributed by atoms with van der Waals surface area (Å²) in [5.74, 6) is 3.12. The first-order chi connectivity index (χ1) is 15.7. The summed E-state index contributed by atoms with van der Waals surface area (Å²) in [4.78, 5) is 25.1. The molecule has 8 heteroatoms. The molecule has 1 fully saturated rings. The smallest absolute Gasteiger partial charge is 0.251 e. The van der Waals surface area contributed by atoms with E-state index >= 15 is 0 Å². The van der Waals surface area contributed by atoms with Crippen LogP contribution in [-0.2, 0) is 0 Å². The van der Waals surface area contributed by atoms with Crippen LogP contribution in [0.3, 0.4) is 0 Å². The summed E-state index contributed by atoms with van der Waals surface area (Å²) < 4.78 is 21.3. The number of amides is 2. The van der Waals surface area contributed by atoms with Gasteiger partial charge in [-0.1, -0.05) is 6.42 Å². The average molecular weight is 443 g/mol. The lowest BCUT2D eigenvalue weighted by molar-refractivity contribution is 0.0935. The van der Waals surface area contributed by atoms with E-state index in [9.17, 15) is 9.59 Å². The Morgan fingerprint density at radius 3 is 1.72 bits per heavy atom. The zero-order valence-electron chi connectivity index (χ0n) is 17.7. The standard InChI is InChI=1S/C24H26N2O6.2H2/c27-23(17-4-6-19-21(9-17)31-13-29-19)25-11-15-2-1-3-16(8-15)12-26-24(28)18-5-7-20-22(10-18)32-14-30-20;;/h4-7,9-10,15-16H,1-3,8,11-14H2,(H,25,27)(H,26,28);2*1H. The molecule has 172 valence electrons. The van der Waals surface area contributed by atoms with Crippen molar-refractivity contribution in [1.29, 1.82) is 0 Å². The lowest BCUT2D eigenvalue weighted by Gasteiger charge is -2.29. The normalized spacial score (nSPS) is 20.6. The van der Waals surface area contributed by atoms with Gasteiger partial charge in [0.1, 0.15) is 0 Å². The minimum atomic E-state index is -0.110. The molecular formula is C24H30N2O6. The molecule has 2 heterocycles. The van der Waals surface area contributed by atoms with Gasteiger partial charge in [0.25, 0.3) is 11.8 Å². The Labute approximate surface area is 189 Å². The molecule has 1 aliphatic carbocycles. The second-order valence-electron chi connectivity index (χ2n) is 8.45. The van der Waals surface area contributed by atoms with Gasteiger partial charge in [-0.2, -0.15) is 0 Å². The van der Waals surface area contributed by atoms with Gasteiger partial charge in [0.05, 0.1) is 0 Å². The average Bonchev–Trinajstić information content (AvgIpc) is 3.49. The fraction of sp³-hybridized carbons (Fsp3) is 0.417. The molecule has 32 heavy (non-hydrogen) atoms. The van der Waals surface area contributed by atoms with Gasteiger partial charge in [0.15, 0.2) is 23.0 Å². The van der Waals surface area contributed by atoms with Gasteiger partial charge in [-0.25, -0.2) is 0 Å². The maximum absolute atomic E-state index is 12.5. The highest BCUT2D eigenvalue weighted by atomic mass is 16.7. The fourth-order valence-corrected chi connectivity index (χ4v) is 4.53. The molecule has 0 aromatic heterocycles. The largest absolute Gasteiger partial charge is 0.454 e. The number of benzene rings is 2. The number of nitrogens with one attached hydrogen (secondary N) is 2. The molecule has 0 spiro atoms. The second kappa shape index (κ2) is 8.98. The Balaban J connectivity index is 0.00000162. The maximum atomic E-state index is 12.5. The van der Waals surface area contributed by atoms with Crippen molar-refractivity contribution >= 4 is 11.8 Å². The lowest BCUT2D eigenvalue weighted by Crippen LogP contribution is -2.35. The van der Waals surface area contributed by atoms with Crippen molar-refractivity contribution in [3.8, 4) is 23.0 Å². The van der Waals surface area contributed by atoms with Gasteiger partial charge in [-0.05, 0) is 67.5 Å². The predicted molar refractivity (Wildman–Crippen MR) is 119 cm³/mol. The maximum Gasteiger partial charge on any atom is 0.251 e. The lowest BCUT2D eigenvalue weighted by atomic mass is 9.81. The number of rotatable bonds is 6. The monoisotopic (exact) mass is 442 g/mol. The highest BCUT2D eigenvalue weighted by Crippen LogP contribution is 2.34. The third-order valence-corrected chi connectivity index (χ3v) is 6.26. The Morgan fingerprint density at radius 2 is 1.22 bits per heavy atom. The zero-order valence-corrected chi connectivity index (χ0v) is 17.7. The van der Waals surface area contributed by atoms with Crippen molar-refractivity contribution in [2.45, 2.75) is 25.7 Å². The molecule has 8 nitrogen and oxygen atoms in total. The van der Waals surface area contributed by atoms with Crippen LogP contribution in [0, 0.1) is 11.8 Å². The van der Waals surface area contributed by atoms with Crippen LogP contribution >= 0.6 is 0 Å². The number of carbonyl (C=O) groups is 2. The van der Waals surface area contributed by atoms with Crippen LogP contribution in [0.5, 0.6) is 23.0 Å². The number of carbonyl (C=O) groups excluding carboxylic acids is 2. The molecule has 0 radical (unpaired) electrons. The van der Waals surface area contributed by atoms with Crippen LogP contribution in [0.25, 0.3) is 0 Å². The van der Waals surface area contributed by atoms with Crippen LogP contribution in [0.1, 0.15) is 49.3 Å². The van der Waals surface area contributed by atoms with E-state index in [1.807, 2.05) is 0 Å². The molecule has 2 amide bonds. The highest BCUT2D eigenvalue weighted by molar-refractivity contribution is 5.95. The van der Waals surface area contributed by atoms with E-state index < -0.39 is 0 Å². The summed E-state index contributed by atoms with van der Waals surface area (Å²) in [6, 6.07) is 10.4. The number of hydrogen-bond donors (Lipinski definition) is 2. The molecule has 2 atom stereocenters. The molecule has 1 saturated carbocycles. The summed E-state index contributed by atoms with van der Waals surface area (Å²) in [6.45, 7) is 1.63. The summed E-state index contributed by atoms with van der Waals surface area (Å²) in [5, 5.41) is 6.09. The molecule has 2 aromatic carbocycles. The number of ether oxygens (including phenoxy) is 4. The van der Waals surface area contributed by atoms with Gasteiger partial charge in [-0.3, -0.25) is 9.59 Å². The molecule has 2 aromatic rings. The van der Waals surface area contributed by atoms with Crippen LogP contribution in [-0.4, -0.2) is 38.5 Å². The second-order valence-corrected chi connectivity index (χ2v) is 8.45. The van der Waals surface area contributed by atoms with Crippen molar-refractivity contribution < 1.29 is 31.4 Å². The van der Waals surface area contributed by atoms with Crippen LogP contribution < -0.4 is 29.6 Å². The van der Waals surface area contributed by atoms with Gasteiger partial charge in [0, 0.05) is 27.1 Å². The first-order valence-corrected chi connectivity index (χ1v) is 11.0. The van der Waals surface area contributed by atoms with Crippen LogP contribution in [0.2, 0.25) is 0 Å². The van der Waals surface area contributed by atoms with Gasteiger partial charge >= 0.3 is 0 Å². The predicted octanol–water partition coefficient (Wildman–Crippen LogP) is 3.60. The Morgan fingerprint density at radius 1 is 0.750 bits per heavy atom. The Kier molecular flexibility index (Phi) is 5.75. The minimum absolute atomic E-state index is 0. The van der Waals surface area contributed by atoms with Crippen molar-refractivity contribution in [3.63, 3.8) is 0 Å². The molecule has 2 aliphatic heterocycles. The minimum Gasteiger partial charge on any atom is -0.454 e. The first-order valence-electron chi connectivity index (χ1n) is 11.0. The van der Waals surface area contributed by atoms with Crippen molar-refractivity contribution in [1.82, 2.24) is 10.6 Å². The SMILES string of the molecule is O=C(NCC1CCCC(CNC(=O)c2ccc3c(c2)OCO3)C1)c1ccc2c(c1)OCO2.[HH].[HH]. The van der Waals surface area contributed by atoms with Crippen LogP contribution in [0.4, 0.5) is 0 Å². The van der Waals surface area contributed by atoms with Crippen LogP contribution in [0.15, 0.2) is 36.4 Å². The summed E-state index contributed by atoms with van der Waals surface area (Å²) >= 11 is 0. The number of fused-ring (bicyclic) bond motifs is 2. The van der Waals surface area contributed by atoms with E-state index in [2.05, 4.69) is 10.6 Å². The van der Waals surface area contributed by atoms with Crippen molar-refractivity contribution in [2.75, 3.05) is 26.7 Å². The molecule has 2 N–H and O–H groups in total. The first kappa shape index (κ1) is 20.5. The summed E-state index contributed by atoms with van der Waals surface area (Å²) in [5.41, 5.74) is 1.13. The Bertz CT molecular complexity index is 955. The van der Waals surface area contributed by atoms with Crippen molar-refractivity contribution in [2.24, 2.45) is 11.8 Å².